The highest BCUT2D eigenvalue weighted by atomic mass is 16.5. The van der Waals surface area contributed by atoms with Crippen LogP contribution in [0, 0.1) is 6.92 Å². The molecule has 2 amide bonds. The lowest BCUT2D eigenvalue weighted by atomic mass is 10.1. The standard InChI is InChI=1S/C22H27N3O3/c1-17-5-3-8-20(15-17)24-10-12-25(13-11-24)22(27)19-7-4-6-18(16-19)21(26)23-9-14-28-2/h3-8,15-16H,9-14H2,1-2H3,(H,23,26). The number of aryl methyl sites for hydroxylation is 1. The van der Waals surface area contributed by atoms with Crippen LogP contribution in [0.15, 0.2) is 48.5 Å². The van der Waals surface area contributed by atoms with E-state index in [9.17, 15) is 9.59 Å². The van der Waals surface area contributed by atoms with Gasteiger partial charge in [-0.2, -0.15) is 0 Å². The van der Waals surface area contributed by atoms with Crippen molar-refractivity contribution in [3.8, 4) is 0 Å². The molecule has 1 fully saturated rings. The Morgan fingerprint density at radius 1 is 1.00 bits per heavy atom. The summed E-state index contributed by atoms with van der Waals surface area (Å²) in [5.41, 5.74) is 3.46. The van der Waals surface area contributed by atoms with Crippen LogP contribution < -0.4 is 10.2 Å². The number of carbonyl (C=O) groups is 2. The minimum Gasteiger partial charge on any atom is -0.383 e. The molecule has 0 aliphatic carbocycles. The van der Waals surface area contributed by atoms with Crippen LogP contribution in [0.25, 0.3) is 0 Å². The molecule has 6 nitrogen and oxygen atoms in total. The van der Waals surface area contributed by atoms with Crippen molar-refractivity contribution in [1.29, 1.82) is 0 Å². The van der Waals surface area contributed by atoms with Gasteiger partial charge in [0, 0.05) is 56.6 Å². The third-order valence-electron chi connectivity index (χ3n) is 4.90. The molecule has 148 valence electrons. The average molecular weight is 381 g/mol. The zero-order valence-electron chi connectivity index (χ0n) is 16.5. The van der Waals surface area contributed by atoms with Gasteiger partial charge in [0.1, 0.15) is 0 Å². The fourth-order valence-corrected chi connectivity index (χ4v) is 3.34. The highest BCUT2D eigenvalue weighted by Gasteiger charge is 2.23. The van der Waals surface area contributed by atoms with Crippen molar-refractivity contribution in [2.75, 3.05) is 51.3 Å². The Kier molecular flexibility index (Phi) is 6.66. The average Bonchev–Trinajstić information content (AvgIpc) is 2.73. The Morgan fingerprint density at radius 3 is 2.43 bits per heavy atom. The number of piperazine rings is 1. The van der Waals surface area contributed by atoms with Gasteiger partial charge in [-0.05, 0) is 42.8 Å². The van der Waals surface area contributed by atoms with Gasteiger partial charge in [-0.15, -0.1) is 0 Å². The second kappa shape index (κ2) is 9.37. The summed E-state index contributed by atoms with van der Waals surface area (Å²) in [6.07, 6.45) is 0. The number of anilines is 1. The predicted molar refractivity (Wildman–Crippen MR) is 110 cm³/mol. The van der Waals surface area contributed by atoms with Gasteiger partial charge in [0.15, 0.2) is 0 Å². The topological polar surface area (TPSA) is 61.9 Å². The van der Waals surface area contributed by atoms with Crippen molar-refractivity contribution in [3.05, 3.63) is 65.2 Å². The van der Waals surface area contributed by atoms with Crippen LogP contribution in [0.4, 0.5) is 5.69 Å². The second-order valence-electron chi connectivity index (χ2n) is 6.95. The number of carbonyl (C=O) groups excluding carboxylic acids is 2. The van der Waals surface area contributed by atoms with Crippen LogP contribution in [0.5, 0.6) is 0 Å². The molecule has 0 bridgehead atoms. The molecule has 0 atom stereocenters. The third kappa shape index (κ3) is 4.89. The fraction of sp³-hybridized carbons (Fsp3) is 0.364. The van der Waals surface area contributed by atoms with E-state index in [4.69, 9.17) is 4.74 Å². The summed E-state index contributed by atoms with van der Waals surface area (Å²) in [5.74, 6) is -0.230. The van der Waals surface area contributed by atoms with Gasteiger partial charge >= 0.3 is 0 Å². The predicted octanol–water partition coefficient (Wildman–Crippen LogP) is 2.33. The molecular formula is C22H27N3O3. The Balaban J connectivity index is 1.60. The number of ether oxygens (including phenoxy) is 1. The maximum absolute atomic E-state index is 12.9. The summed E-state index contributed by atoms with van der Waals surface area (Å²) < 4.78 is 4.94. The van der Waals surface area contributed by atoms with Crippen LogP contribution in [-0.4, -0.2) is 63.2 Å². The van der Waals surface area contributed by atoms with E-state index in [0.717, 1.165) is 13.1 Å². The number of nitrogens with zero attached hydrogens (tertiary/aromatic N) is 2. The van der Waals surface area contributed by atoms with E-state index in [0.29, 0.717) is 37.4 Å². The number of benzene rings is 2. The second-order valence-corrected chi connectivity index (χ2v) is 6.95. The normalized spacial score (nSPS) is 14.1. The van der Waals surface area contributed by atoms with Crippen molar-refractivity contribution >= 4 is 17.5 Å². The zero-order chi connectivity index (χ0) is 19.9. The maximum Gasteiger partial charge on any atom is 0.253 e. The first kappa shape index (κ1) is 19.9. The number of methoxy groups -OCH3 is 1. The molecule has 1 aliphatic rings. The van der Waals surface area contributed by atoms with Crippen molar-refractivity contribution < 1.29 is 14.3 Å². The van der Waals surface area contributed by atoms with Crippen molar-refractivity contribution in [2.45, 2.75) is 6.92 Å². The first-order valence-corrected chi connectivity index (χ1v) is 9.56. The number of rotatable bonds is 6. The van der Waals surface area contributed by atoms with E-state index in [2.05, 4.69) is 41.4 Å². The summed E-state index contributed by atoms with van der Waals surface area (Å²) in [6, 6.07) is 15.3. The van der Waals surface area contributed by atoms with Crippen LogP contribution in [0.2, 0.25) is 0 Å². The molecule has 0 unspecified atom stereocenters. The molecule has 1 saturated heterocycles. The van der Waals surface area contributed by atoms with E-state index >= 15 is 0 Å². The highest BCUT2D eigenvalue weighted by molar-refractivity contribution is 5.99. The van der Waals surface area contributed by atoms with Gasteiger partial charge in [0.25, 0.3) is 11.8 Å². The lowest BCUT2D eigenvalue weighted by molar-refractivity contribution is 0.0746. The molecule has 1 N–H and O–H groups in total. The quantitative estimate of drug-likeness (QED) is 0.780. The van der Waals surface area contributed by atoms with Gasteiger partial charge in [-0.3, -0.25) is 9.59 Å². The molecule has 0 saturated carbocycles. The van der Waals surface area contributed by atoms with Crippen LogP contribution in [-0.2, 0) is 4.74 Å². The number of amides is 2. The molecule has 0 aromatic heterocycles. The number of hydrogen-bond acceptors (Lipinski definition) is 4. The largest absolute Gasteiger partial charge is 0.383 e. The smallest absolute Gasteiger partial charge is 0.253 e. The molecule has 2 aromatic carbocycles. The summed E-state index contributed by atoms with van der Waals surface area (Å²) >= 11 is 0. The molecule has 28 heavy (non-hydrogen) atoms. The van der Waals surface area contributed by atoms with E-state index in [1.54, 1.807) is 31.4 Å². The lowest BCUT2D eigenvalue weighted by Crippen LogP contribution is -2.48. The van der Waals surface area contributed by atoms with Gasteiger partial charge in [0.2, 0.25) is 0 Å². The molecule has 1 aliphatic heterocycles. The van der Waals surface area contributed by atoms with Crippen LogP contribution in [0.3, 0.4) is 0 Å². The first-order chi connectivity index (χ1) is 13.6. The summed E-state index contributed by atoms with van der Waals surface area (Å²) in [4.78, 5) is 29.2. The summed E-state index contributed by atoms with van der Waals surface area (Å²) in [7, 11) is 1.59. The van der Waals surface area contributed by atoms with Crippen molar-refractivity contribution in [2.24, 2.45) is 0 Å². The molecule has 1 heterocycles. The van der Waals surface area contributed by atoms with Gasteiger partial charge in [-0.25, -0.2) is 0 Å². The van der Waals surface area contributed by atoms with Gasteiger partial charge < -0.3 is 19.9 Å². The molecule has 2 aromatic rings. The fourth-order valence-electron chi connectivity index (χ4n) is 3.34. The molecule has 3 rings (SSSR count). The molecular weight excluding hydrogens is 354 g/mol. The molecule has 0 spiro atoms. The maximum atomic E-state index is 12.9. The molecule has 6 heteroatoms. The van der Waals surface area contributed by atoms with Gasteiger partial charge in [-0.1, -0.05) is 18.2 Å². The minimum absolute atomic E-state index is 0.0320. The van der Waals surface area contributed by atoms with Crippen molar-refractivity contribution in [1.82, 2.24) is 10.2 Å². The summed E-state index contributed by atoms with van der Waals surface area (Å²) in [6.45, 7) is 5.90. The van der Waals surface area contributed by atoms with Crippen LogP contribution in [0.1, 0.15) is 26.3 Å². The van der Waals surface area contributed by atoms with E-state index < -0.39 is 0 Å². The van der Waals surface area contributed by atoms with E-state index in [1.807, 2.05) is 4.90 Å². The Hall–Kier alpha value is -2.86. The first-order valence-electron chi connectivity index (χ1n) is 9.56. The Bertz CT molecular complexity index is 829. The third-order valence-corrected chi connectivity index (χ3v) is 4.90. The zero-order valence-corrected chi connectivity index (χ0v) is 16.5. The SMILES string of the molecule is COCCNC(=O)c1cccc(C(=O)N2CCN(c3cccc(C)c3)CC2)c1. The lowest BCUT2D eigenvalue weighted by Gasteiger charge is -2.36. The minimum atomic E-state index is -0.198. The molecule has 0 radical (unpaired) electrons. The summed E-state index contributed by atoms with van der Waals surface area (Å²) in [5, 5.41) is 2.78. The highest BCUT2D eigenvalue weighted by Crippen LogP contribution is 2.19. The monoisotopic (exact) mass is 381 g/mol. The number of hydrogen-bond donors (Lipinski definition) is 1. The Labute approximate surface area is 166 Å². The van der Waals surface area contributed by atoms with E-state index in [-0.39, 0.29) is 11.8 Å². The Morgan fingerprint density at radius 2 is 1.71 bits per heavy atom. The van der Waals surface area contributed by atoms with Crippen LogP contribution >= 0.6 is 0 Å². The van der Waals surface area contributed by atoms with Gasteiger partial charge in [0.05, 0.1) is 6.61 Å². The number of nitrogens with one attached hydrogen (secondary N) is 1. The van der Waals surface area contributed by atoms with Crippen molar-refractivity contribution in [3.63, 3.8) is 0 Å². The van der Waals surface area contributed by atoms with E-state index in [1.165, 1.54) is 11.3 Å².